The summed E-state index contributed by atoms with van der Waals surface area (Å²) in [5.74, 6) is 0.714. The number of ether oxygens (including phenoxy) is 1. The Kier molecular flexibility index (Phi) is 8.93. The first-order chi connectivity index (χ1) is 15.9. The summed E-state index contributed by atoms with van der Waals surface area (Å²) in [6, 6.07) is 13.6. The Morgan fingerprint density at radius 1 is 1.06 bits per heavy atom. The predicted octanol–water partition coefficient (Wildman–Crippen LogP) is 5.11. The van der Waals surface area contributed by atoms with Crippen molar-refractivity contribution in [3.63, 3.8) is 0 Å². The van der Waals surface area contributed by atoms with Crippen LogP contribution in [0.2, 0.25) is 0 Å². The van der Waals surface area contributed by atoms with Crippen molar-refractivity contribution in [2.24, 2.45) is 0 Å². The van der Waals surface area contributed by atoms with Crippen LogP contribution in [0, 0.1) is 13.8 Å². The van der Waals surface area contributed by atoms with Crippen LogP contribution in [0.25, 0.3) is 0 Å². The summed E-state index contributed by atoms with van der Waals surface area (Å²) in [6.07, 6.45) is 6.46. The highest BCUT2D eigenvalue weighted by molar-refractivity contribution is 5.88. The molecular formula is C28H38N2O3. The van der Waals surface area contributed by atoms with Gasteiger partial charge in [-0.1, -0.05) is 62.1 Å². The van der Waals surface area contributed by atoms with Crippen LogP contribution in [0.1, 0.15) is 67.7 Å². The zero-order valence-corrected chi connectivity index (χ0v) is 20.5. The Labute approximate surface area is 198 Å². The molecule has 0 saturated heterocycles. The molecule has 1 atom stereocenters. The summed E-state index contributed by atoms with van der Waals surface area (Å²) in [5.41, 5.74) is 4.22. The number of carbonyl (C=O) groups is 2. The molecule has 2 aromatic rings. The summed E-state index contributed by atoms with van der Waals surface area (Å²) < 4.78 is 5.27. The molecule has 5 nitrogen and oxygen atoms in total. The summed E-state index contributed by atoms with van der Waals surface area (Å²) in [5, 5.41) is 3.24. The lowest BCUT2D eigenvalue weighted by molar-refractivity contribution is -0.141. The van der Waals surface area contributed by atoms with Gasteiger partial charge in [0.1, 0.15) is 11.8 Å². The van der Waals surface area contributed by atoms with E-state index in [-0.39, 0.29) is 24.3 Å². The van der Waals surface area contributed by atoms with Crippen LogP contribution in [0.3, 0.4) is 0 Å². The molecule has 0 aliphatic heterocycles. The number of hydrogen-bond acceptors (Lipinski definition) is 3. The molecule has 33 heavy (non-hydrogen) atoms. The SMILES string of the molecule is CCC(C(=O)NC1CCCCC1)N(Cc1ccc(OC)cc1)C(=O)Cc1cc(C)ccc1C. The molecule has 2 amide bonds. The summed E-state index contributed by atoms with van der Waals surface area (Å²) >= 11 is 0. The molecule has 1 aliphatic carbocycles. The lowest BCUT2D eigenvalue weighted by Crippen LogP contribution is -2.52. The van der Waals surface area contributed by atoms with Crippen molar-refractivity contribution in [3.8, 4) is 5.75 Å². The molecule has 1 saturated carbocycles. The maximum Gasteiger partial charge on any atom is 0.243 e. The Morgan fingerprint density at radius 3 is 2.39 bits per heavy atom. The fraction of sp³-hybridized carbons (Fsp3) is 0.500. The number of benzene rings is 2. The fourth-order valence-electron chi connectivity index (χ4n) is 4.65. The van der Waals surface area contributed by atoms with Crippen LogP contribution in [-0.4, -0.2) is 35.9 Å². The highest BCUT2D eigenvalue weighted by Crippen LogP contribution is 2.21. The molecule has 1 fully saturated rings. The zero-order chi connectivity index (χ0) is 23.8. The van der Waals surface area contributed by atoms with Crippen molar-refractivity contribution in [2.45, 2.75) is 84.3 Å². The average molecular weight is 451 g/mol. The highest BCUT2D eigenvalue weighted by Gasteiger charge is 2.30. The standard InChI is InChI=1S/C28H38N2O3/c1-5-26(28(32)29-24-9-7-6-8-10-24)30(19-22-13-15-25(33-4)16-14-22)27(31)18-23-17-20(2)11-12-21(23)3/h11-17,24,26H,5-10,18-19H2,1-4H3,(H,29,32). The number of carbonyl (C=O) groups excluding carboxylic acids is 2. The van der Waals surface area contributed by atoms with E-state index in [9.17, 15) is 9.59 Å². The second-order valence-electron chi connectivity index (χ2n) is 9.24. The Hall–Kier alpha value is -2.82. The van der Waals surface area contributed by atoms with Gasteiger partial charge in [0.05, 0.1) is 13.5 Å². The highest BCUT2D eigenvalue weighted by atomic mass is 16.5. The van der Waals surface area contributed by atoms with Gasteiger partial charge in [-0.2, -0.15) is 0 Å². The third kappa shape index (κ3) is 6.83. The number of hydrogen-bond donors (Lipinski definition) is 1. The first-order valence-corrected chi connectivity index (χ1v) is 12.2. The van der Waals surface area contributed by atoms with Gasteiger partial charge in [-0.15, -0.1) is 0 Å². The molecular weight excluding hydrogens is 412 g/mol. The van der Waals surface area contributed by atoms with Crippen molar-refractivity contribution < 1.29 is 14.3 Å². The maximum atomic E-state index is 13.6. The monoisotopic (exact) mass is 450 g/mol. The molecule has 5 heteroatoms. The molecule has 1 unspecified atom stereocenters. The second-order valence-corrected chi connectivity index (χ2v) is 9.24. The summed E-state index contributed by atoms with van der Waals surface area (Å²) in [6.45, 7) is 6.44. The van der Waals surface area contributed by atoms with Crippen LogP contribution < -0.4 is 10.1 Å². The van der Waals surface area contributed by atoms with Crippen molar-refractivity contribution in [1.82, 2.24) is 10.2 Å². The number of methoxy groups -OCH3 is 1. The summed E-state index contributed by atoms with van der Waals surface area (Å²) in [7, 11) is 1.64. The predicted molar refractivity (Wildman–Crippen MR) is 132 cm³/mol. The molecule has 0 bridgehead atoms. The van der Waals surface area contributed by atoms with Gasteiger partial charge in [-0.25, -0.2) is 0 Å². The van der Waals surface area contributed by atoms with Crippen molar-refractivity contribution in [3.05, 3.63) is 64.7 Å². The van der Waals surface area contributed by atoms with Gasteiger partial charge in [0.2, 0.25) is 11.8 Å². The molecule has 178 valence electrons. The first-order valence-electron chi connectivity index (χ1n) is 12.2. The third-order valence-corrected chi connectivity index (χ3v) is 6.70. The van der Waals surface area contributed by atoms with E-state index in [1.54, 1.807) is 12.0 Å². The summed E-state index contributed by atoms with van der Waals surface area (Å²) in [4.78, 5) is 28.7. The molecule has 2 aromatic carbocycles. The van der Waals surface area contributed by atoms with Crippen molar-refractivity contribution >= 4 is 11.8 Å². The van der Waals surface area contributed by atoms with E-state index in [1.165, 1.54) is 6.42 Å². The number of nitrogens with one attached hydrogen (secondary N) is 1. The lowest BCUT2D eigenvalue weighted by atomic mass is 9.95. The van der Waals surface area contributed by atoms with Gasteiger partial charge < -0.3 is 15.0 Å². The van der Waals surface area contributed by atoms with Crippen molar-refractivity contribution in [1.29, 1.82) is 0 Å². The second kappa shape index (κ2) is 11.9. The van der Waals surface area contributed by atoms with Gasteiger partial charge in [0, 0.05) is 12.6 Å². The van der Waals surface area contributed by atoms with Crippen LogP contribution >= 0.6 is 0 Å². The minimum Gasteiger partial charge on any atom is -0.497 e. The Balaban J connectivity index is 1.83. The van der Waals surface area contributed by atoms with Gasteiger partial charge in [-0.05, 0) is 61.9 Å². The van der Waals surface area contributed by atoms with Gasteiger partial charge in [-0.3, -0.25) is 9.59 Å². The quantitative estimate of drug-likeness (QED) is 0.577. The van der Waals surface area contributed by atoms with Gasteiger partial charge in [0.15, 0.2) is 0 Å². The molecule has 1 aliphatic rings. The van der Waals surface area contributed by atoms with Crippen LogP contribution in [-0.2, 0) is 22.6 Å². The van der Waals surface area contributed by atoms with E-state index in [1.807, 2.05) is 45.0 Å². The minimum absolute atomic E-state index is 0.0230. The molecule has 1 N–H and O–H groups in total. The molecule has 0 heterocycles. The average Bonchev–Trinajstić information content (AvgIpc) is 2.82. The van der Waals surface area contributed by atoms with E-state index in [2.05, 4.69) is 23.5 Å². The van der Waals surface area contributed by atoms with E-state index in [0.717, 1.165) is 53.7 Å². The van der Waals surface area contributed by atoms with Crippen LogP contribution in [0.5, 0.6) is 5.75 Å². The fourth-order valence-corrected chi connectivity index (χ4v) is 4.65. The Bertz CT molecular complexity index is 933. The zero-order valence-electron chi connectivity index (χ0n) is 20.5. The lowest BCUT2D eigenvalue weighted by Gasteiger charge is -2.33. The van der Waals surface area contributed by atoms with Gasteiger partial charge >= 0.3 is 0 Å². The van der Waals surface area contributed by atoms with E-state index >= 15 is 0 Å². The smallest absolute Gasteiger partial charge is 0.243 e. The number of amides is 2. The van der Waals surface area contributed by atoms with E-state index < -0.39 is 6.04 Å². The minimum atomic E-state index is -0.494. The Morgan fingerprint density at radius 2 is 1.76 bits per heavy atom. The van der Waals surface area contributed by atoms with Crippen molar-refractivity contribution in [2.75, 3.05) is 7.11 Å². The first kappa shape index (κ1) is 24.8. The normalized spacial score (nSPS) is 15.0. The number of nitrogens with zero attached hydrogens (tertiary/aromatic N) is 1. The number of rotatable bonds is 9. The maximum absolute atomic E-state index is 13.6. The molecule has 0 radical (unpaired) electrons. The topological polar surface area (TPSA) is 58.6 Å². The largest absolute Gasteiger partial charge is 0.497 e. The molecule has 0 spiro atoms. The van der Waals surface area contributed by atoms with Crippen LogP contribution in [0.4, 0.5) is 0 Å². The third-order valence-electron chi connectivity index (χ3n) is 6.70. The van der Waals surface area contributed by atoms with Crippen LogP contribution in [0.15, 0.2) is 42.5 Å². The number of aryl methyl sites for hydroxylation is 2. The molecule has 3 rings (SSSR count). The van der Waals surface area contributed by atoms with E-state index in [4.69, 9.17) is 4.74 Å². The van der Waals surface area contributed by atoms with Gasteiger partial charge in [0.25, 0.3) is 0 Å². The van der Waals surface area contributed by atoms with E-state index in [0.29, 0.717) is 13.0 Å². The molecule has 0 aromatic heterocycles.